The molecule has 2 aliphatic rings. The molecule has 0 radical (unpaired) electrons. The maximum Gasteiger partial charge on any atom is 0.472 e. The molecule has 0 aromatic carbocycles. The largest absolute Gasteiger partial charge is 0.472 e. The summed E-state index contributed by atoms with van der Waals surface area (Å²) in [6.07, 6.45) is 2.83. The van der Waals surface area contributed by atoms with E-state index in [9.17, 15) is 0 Å². The summed E-state index contributed by atoms with van der Waals surface area (Å²) in [5, 5.41) is 0. The van der Waals surface area contributed by atoms with E-state index in [-0.39, 0.29) is 18.8 Å². The minimum Gasteiger partial charge on any atom is -0.405 e. The molecular weight excluding hydrogens is 189 g/mol. The summed E-state index contributed by atoms with van der Waals surface area (Å²) in [5.41, 5.74) is 5.81. The van der Waals surface area contributed by atoms with Crippen LogP contribution in [0.2, 0.25) is 0 Å². The van der Waals surface area contributed by atoms with Gasteiger partial charge in [0.1, 0.15) is 0 Å². The summed E-state index contributed by atoms with van der Waals surface area (Å²) in [6.45, 7) is 9.11. The van der Waals surface area contributed by atoms with Crippen LogP contribution in [0.25, 0.3) is 0 Å². The van der Waals surface area contributed by atoms with Gasteiger partial charge in [-0.2, -0.15) is 0 Å². The molecule has 2 N–H and O–H groups in total. The Balaban J connectivity index is 2.16. The van der Waals surface area contributed by atoms with E-state index in [0.29, 0.717) is 17.8 Å². The average Bonchev–Trinajstić information content (AvgIpc) is 2.41. The van der Waals surface area contributed by atoms with Gasteiger partial charge in [-0.25, -0.2) is 0 Å². The number of hydrogen-bond donors (Lipinski definition) is 1. The Kier molecular flexibility index (Phi) is 2.65. The monoisotopic (exact) mass is 211 g/mol. The van der Waals surface area contributed by atoms with Gasteiger partial charge in [-0.1, -0.05) is 20.8 Å². The van der Waals surface area contributed by atoms with Crippen molar-refractivity contribution in [3.05, 3.63) is 0 Å². The van der Waals surface area contributed by atoms with Crippen molar-refractivity contribution in [2.24, 2.45) is 17.1 Å². The number of hydrogen-bond acceptors (Lipinski definition) is 3. The Morgan fingerprint density at radius 1 is 1.40 bits per heavy atom. The molecule has 4 heteroatoms. The van der Waals surface area contributed by atoms with Gasteiger partial charge in [0.2, 0.25) is 0 Å². The van der Waals surface area contributed by atoms with Gasteiger partial charge in [0, 0.05) is 6.44 Å². The number of nitrogens with two attached hydrogens (primary N) is 1. The summed E-state index contributed by atoms with van der Waals surface area (Å²) < 4.78 is 11.8. The highest BCUT2D eigenvalue weighted by Crippen LogP contribution is 2.50. The third kappa shape index (κ3) is 1.83. The van der Waals surface area contributed by atoms with Crippen LogP contribution in [-0.2, 0) is 9.31 Å². The topological polar surface area (TPSA) is 44.5 Å². The van der Waals surface area contributed by atoms with Gasteiger partial charge in [0.05, 0.1) is 11.7 Å². The predicted molar refractivity (Wildman–Crippen MR) is 61.4 cm³/mol. The molecule has 3 nitrogen and oxygen atoms in total. The quantitative estimate of drug-likeness (QED) is 0.670. The fourth-order valence-electron chi connectivity index (χ4n) is 3.01. The van der Waals surface area contributed by atoms with E-state index in [1.54, 1.807) is 0 Å². The van der Waals surface area contributed by atoms with Crippen LogP contribution in [0.5, 0.6) is 0 Å². The fourth-order valence-corrected chi connectivity index (χ4v) is 3.01. The molecule has 0 bridgehead atoms. The molecule has 1 aliphatic heterocycles. The van der Waals surface area contributed by atoms with Gasteiger partial charge in [-0.05, 0) is 31.1 Å². The van der Waals surface area contributed by atoms with Crippen molar-refractivity contribution in [2.75, 3.05) is 6.44 Å². The van der Waals surface area contributed by atoms with Gasteiger partial charge in [-0.3, -0.25) is 0 Å². The van der Waals surface area contributed by atoms with Crippen LogP contribution in [0.1, 0.15) is 40.5 Å². The van der Waals surface area contributed by atoms with Crippen molar-refractivity contribution in [1.82, 2.24) is 0 Å². The summed E-state index contributed by atoms with van der Waals surface area (Å²) in [4.78, 5) is 0. The zero-order valence-corrected chi connectivity index (χ0v) is 10.2. The van der Waals surface area contributed by atoms with Crippen molar-refractivity contribution in [1.29, 1.82) is 0 Å². The minimum absolute atomic E-state index is 0.125. The molecule has 0 spiro atoms. The summed E-state index contributed by atoms with van der Waals surface area (Å²) in [5.74, 6) is 0.677. The maximum atomic E-state index is 5.94. The molecular formula is C11H22BNO2. The molecule has 1 heterocycles. The molecule has 2 rings (SSSR count). The summed E-state index contributed by atoms with van der Waals surface area (Å²) in [7, 11) is -0.193. The predicted octanol–water partition coefficient (Wildman–Crippen LogP) is 1.60. The first-order chi connectivity index (χ1) is 6.87. The van der Waals surface area contributed by atoms with Gasteiger partial charge < -0.3 is 15.0 Å². The molecule has 3 atom stereocenters. The van der Waals surface area contributed by atoms with Crippen molar-refractivity contribution < 1.29 is 9.31 Å². The normalized spacial score (nSPS) is 44.2. The van der Waals surface area contributed by atoms with Crippen molar-refractivity contribution in [3.8, 4) is 0 Å². The lowest BCUT2D eigenvalue weighted by atomic mass is 9.63. The molecule has 15 heavy (non-hydrogen) atoms. The van der Waals surface area contributed by atoms with Crippen LogP contribution in [0.4, 0.5) is 0 Å². The Bertz CT molecular complexity index is 259. The lowest BCUT2D eigenvalue weighted by Gasteiger charge is -2.47. The second kappa shape index (κ2) is 3.47. The van der Waals surface area contributed by atoms with E-state index in [1.807, 2.05) is 0 Å². The molecule has 2 fully saturated rings. The van der Waals surface area contributed by atoms with E-state index in [4.69, 9.17) is 15.0 Å². The molecule has 1 saturated heterocycles. The van der Waals surface area contributed by atoms with Crippen LogP contribution >= 0.6 is 0 Å². The SMILES string of the molecule is C[C@H]1C[C@H]2OB(CN)O[C@@]2(C)CC1(C)C. The third-order valence-electron chi connectivity index (χ3n) is 4.30. The Morgan fingerprint density at radius 3 is 2.67 bits per heavy atom. The van der Waals surface area contributed by atoms with Gasteiger partial charge >= 0.3 is 7.12 Å². The van der Waals surface area contributed by atoms with Gasteiger partial charge in [-0.15, -0.1) is 0 Å². The van der Waals surface area contributed by atoms with E-state index in [1.165, 1.54) is 0 Å². The Labute approximate surface area is 92.8 Å². The smallest absolute Gasteiger partial charge is 0.405 e. The molecule has 1 aliphatic carbocycles. The van der Waals surface area contributed by atoms with E-state index in [0.717, 1.165) is 12.8 Å². The average molecular weight is 211 g/mol. The van der Waals surface area contributed by atoms with Crippen molar-refractivity contribution >= 4 is 7.12 Å². The zero-order valence-electron chi connectivity index (χ0n) is 10.2. The highest BCUT2D eigenvalue weighted by atomic mass is 16.7. The lowest BCUT2D eigenvalue weighted by Crippen LogP contribution is -2.49. The minimum atomic E-state index is -0.193. The molecule has 0 aromatic heterocycles. The lowest BCUT2D eigenvalue weighted by molar-refractivity contribution is -0.0575. The molecule has 0 aromatic rings. The third-order valence-corrected chi connectivity index (χ3v) is 4.30. The van der Waals surface area contributed by atoms with Crippen molar-refractivity contribution in [3.63, 3.8) is 0 Å². The second-order valence-electron chi connectivity index (χ2n) is 6.02. The fraction of sp³-hybridized carbons (Fsp3) is 1.00. The van der Waals surface area contributed by atoms with E-state index < -0.39 is 0 Å². The molecule has 1 saturated carbocycles. The summed E-state index contributed by atoms with van der Waals surface area (Å²) in [6, 6.07) is 0. The van der Waals surface area contributed by atoms with Crippen LogP contribution in [0, 0.1) is 11.3 Å². The van der Waals surface area contributed by atoms with E-state index >= 15 is 0 Å². The number of rotatable bonds is 1. The van der Waals surface area contributed by atoms with Crippen LogP contribution < -0.4 is 5.73 Å². The Hall–Kier alpha value is -0.0551. The standard InChI is InChI=1S/C11H22BNO2/c1-8-5-9-11(4,6-10(8,2)3)15-12(7-13)14-9/h8-9H,5-7,13H2,1-4H3/t8-,9+,11-/m0/s1. The van der Waals surface area contributed by atoms with Crippen LogP contribution in [-0.4, -0.2) is 25.3 Å². The van der Waals surface area contributed by atoms with Crippen molar-refractivity contribution in [2.45, 2.75) is 52.2 Å². The Morgan fingerprint density at radius 2 is 2.07 bits per heavy atom. The first kappa shape index (κ1) is 11.4. The second-order valence-corrected chi connectivity index (χ2v) is 6.02. The first-order valence-corrected chi connectivity index (χ1v) is 5.91. The first-order valence-electron chi connectivity index (χ1n) is 5.91. The van der Waals surface area contributed by atoms with E-state index in [2.05, 4.69) is 27.7 Å². The van der Waals surface area contributed by atoms with Crippen LogP contribution in [0.3, 0.4) is 0 Å². The maximum absolute atomic E-state index is 5.94. The highest BCUT2D eigenvalue weighted by Gasteiger charge is 2.54. The zero-order chi connectivity index (χ0) is 11.3. The summed E-state index contributed by atoms with van der Waals surface area (Å²) >= 11 is 0. The van der Waals surface area contributed by atoms with Gasteiger partial charge in [0.15, 0.2) is 0 Å². The molecule has 0 unspecified atom stereocenters. The highest BCUT2D eigenvalue weighted by molar-refractivity contribution is 6.45. The number of fused-ring (bicyclic) bond motifs is 1. The molecule has 86 valence electrons. The van der Waals surface area contributed by atoms with Gasteiger partial charge in [0.25, 0.3) is 0 Å². The van der Waals surface area contributed by atoms with Crippen LogP contribution in [0.15, 0.2) is 0 Å². The molecule has 0 amide bonds.